The summed E-state index contributed by atoms with van der Waals surface area (Å²) < 4.78 is 5.03. The van der Waals surface area contributed by atoms with Crippen LogP contribution in [0.2, 0.25) is 0 Å². The Bertz CT molecular complexity index is 334. The number of aromatic nitrogens is 2. The molecule has 1 aromatic rings. The van der Waals surface area contributed by atoms with E-state index in [0.29, 0.717) is 0 Å². The van der Waals surface area contributed by atoms with Gasteiger partial charge in [-0.05, 0) is 14.0 Å². The molecule has 0 amide bonds. The van der Waals surface area contributed by atoms with Crippen LogP contribution >= 0.6 is 0 Å². The smallest absolute Gasteiger partial charge is 0.147 e. The molecule has 1 aromatic heterocycles. The van der Waals surface area contributed by atoms with Gasteiger partial charge in [-0.3, -0.25) is 4.98 Å². The lowest BCUT2D eigenvalue weighted by atomic mass is 10.5. The Kier molecular flexibility index (Phi) is 7.05. The Labute approximate surface area is 109 Å². The van der Waals surface area contributed by atoms with E-state index in [4.69, 9.17) is 4.74 Å². The lowest BCUT2D eigenvalue weighted by Gasteiger charge is -2.16. The second kappa shape index (κ2) is 8.66. The van der Waals surface area contributed by atoms with Gasteiger partial charge < -0.3 is 20.3 Å². The molecule has 0 atom stereocenters. The van der Waals surface area contributed by atoms with Gasteiger partial charge in [0.1, 0.15) is 11.6 Å². The first-order valence-corrected chi connectivity index (χ1v) is 6.23. The number of anilines is 2. The summed E-state index contributed by atoms with van der Waals surface area (Å²) in [5.41, 5.74) is 0. The predicted molar refractivity (Wildman–Crippen MR) is 74.1 cm³/mol. The van der Waals surface area contributed by atoms with Crippen molar-refractivity contribution in [1.82, 2.24) is 14.9 Å². The second-order valence-corrected chi connectivity index (χ2v) is 4.04. The van der Waals surface area contributed by atoms with Crippen molar-refractivity contribution in [3.63, 3.8) is 0 Å². The molecule has 6 nitrogen and oxygen atoms in total. The standard InChI is InChI=1S/C12H23N5O/c1-4-14-11-9-13-10-12(16-11)15-5-6-17(2)7-8-18-3/h9-10H,4-8H2,1-3H3,(H2,14,15,16). The maximum atomic E-state index is 5.03. The fourth-order valence-corrected chi connectivity index (χ4v) is 1.45. The quantitative estimate of drug-likeness (QED) is 0.682. The van der Waals surface area contributed by atoms with Gasteiger partial charge in [0.25, 0.3) is 0 Å². The summed E-state index contributed by atoms with van der Waals surface area (Å²) in [5.74, 6) is 1.60. The van der Waals surface area contributed by atoms with Crippen molar-refractivity contribution in [1.29, 1.82) is 0 Å². The minimum Gasteiger partial charge on any atom is -0.383 e. The highest BCUT2D eigenvalue weighted by molar-refractivity contribution is 5.41. The van der Waals surface area contributed by atoms with Crippen molar-refractivity contribution in [3.8, 4) is 0 Å². The summed E-state index contributed by atoms with van der Waals surface area (Å²) in [6, 6.07) is 0. The number of hydrogen-bond donors (Lipinski definition) is 2. The van der Waals surface area contributed by atoms with Gasteiger partial charge in [0.2, 0.25) is 0 Å². The summed E-state index contributed by atoms with van der Waals surface area (Å²) in [6.07, 6.45) is 3.45. The fraction of sp³-hybridized carbons (Fsp3) is 0.667. The van der Waals surface area contributed by atoms with E-state index in [1.807, 2.05) is 6.92 Å². The first-order valence-electron chi connectivity index (χ1n) is 6.23. The molecule has 0 saturated heterocycles. The van der Waals surface area contributed by atoms with Crippen LogP contribution in [-0.4, -0.2) is 61.8 Å². The van der Waals surface area contributed by atoms with Crippen LogP contribution in [0.1, 0.15) is 6.92 Å². The zero-order valence-corrected chi connectivity index (χ0v) is 11.4. The van der Waals surface area contributed by atoms with Crippen molar-refractivity contribution in [2.75, 3.05) is 57.6 Å². The van der Waals surface area contributed by atoms with E-state index in [0.717, 1.165) is 44.4 Å². The number of likely N-dealkylation sites (N-methyl/N-ethyl adjacent to an activating group) is 1. The Morgan fingerprint density at radius 2 is 1.94 bits per heavy atom. The first kappa shape index (κ1) is 14.7. The highest BCUT2D eigenvalue weighted by Gasteiger charge is 1.99. The zero-order chi connectivity index (χ0) is 13.2. The zero-order valence-electron chi connectivity index (χ0n) is 11.4. The average molecular weight is 253 g/mol. The Hall–Kier alpha value is -1.40. The summed E-state index contributed by atoms with van der Waals surface area (Å²) in [6.45, 7) is 6.35. The molecule has 18 heavy (non-hydrogen) atoms. The fourth-order valence-electron chi connectivity index (χ4n) is 1.45. The van der Waals surface area contributed by atoms with Gasteiger partial charge in [-0.15, -0.1) is 0 Å². The molecule has 0 radical (unpaired) electrons. The summed E-state index contributed by atoms with van der Waals surface area (Å²) in [4.78, 5) is 10.7. The average Bonchev–Trinajstić information content (AvgIpc) is 2.37. The van der Waals surface area contributed by atoms with Crippen LogP contribution in [0.3, 0.4) is 0 Å². The lowest BCUT2D eigenvalue weighted by Crippen LogP contribution is -2.28. The van der Waals surface area contributed by atoms with Crippen LogP contribution in [-0.2, 0) is 4.74 Å². The third kappa shape index (κ3) is 5.79. The summed E-state index contributed by atoms with van der Waals surface area (Å²) in [7, 11) is 3.79. The third-order valence-electron chi connectivity index (χ3n) is 2.47. The van der Waals surface area contributed by atoms with Crippen molar-refractivity contribution in [2.45, 2.75) is 6.92 Å². The molecule has 0 bridgehead atoms. The number of nitrogens with one attached hydrogen (secondary N) is 2. The molecule has 0 fully saturated rings. The predicted octanol–water partition coefficient (Wildman–Crippen LogP) is 0.898. The van der Waals surface area contributed by atoms with E-state index < -0.39 is 0 Å². The van der Waals surface area contributed by atoms with Gasteiger partial charge in [0.15, 0.2) is 0 Å². The summed E-state index contributed by atoms with van der Waals surface area (Å²) >= 11 is 0. The number of ether oxygens (including phenoxy) is 1. The van der Waals surface area contributed by atoms with E-state index in [1.54, 1.807) is 19.5 Å². The minimum atomic E-state index is 0.756. The van der Waals surface area contributed by atoms with E-state index in [1.165, 1.54) is 0 Å². The normalized spacial score (nSPS) is 10.7. The van der Waals surface area contributed by atoms with E-state index in [2.05, 4.69) is 32.5 Å². The van der Waals surface area contributed by atoms with Gasteiger partial charge in [0.05, 0.1) is 19.0 Å². The topological polar surface area (TPSA) is 62.3 Å². The van der Waals surface area contributed by atoms with Gasteiger partial charge in [-0.25, -0.2) is 4.98 Å². The second-order valence-electron chi connectivity index (χ2n) is 4.04. The Balaban J connectivity index is 2.28. The van der Waals surface area contributed by atoms with Crippen LogP contribution in [0.15, 0.2) is 12.4 Å². The van der Waals surface area contributed by atoms with Gasteiger partial charge in [-0.2, -0.15) is 0 Å². The molecule has 0 spiro atoms. The number of methoxy groups -OCH3 is 1. The maximum absolute atomic E-state index is 5.03. The molecular weight excluding hydrogens is 230 g/mol. The molecule has 0 aliphatic carbocycles. The van der Waals surface area contributed by atoms with E-state index >= 15 is 0 Å². The van der Waals surface area contributed by atoms with E-state index in [-0.39, 0.29) is 0 Å². The van der Waals surface area contributed by atoms with Crippen molar-refractivity contribution >= 4 is 11.6 Å². The Morgan fingerprint density at radius 3 is 2.61 bits per heavy atom. The maximum Gasteiger partial charge on any atom is 0.147 e. The molecule has 102 valence electrons. The molecule has 0 saturated carbocycles. The third-order valence-corrected chi connectivity index (χ3v) is 2.47. The number of rotatable bonds is 9. The largest absolute Gasteiger partial charge is 0.383 e. The molecule has 0 aromatic carbocycles. The lowest BCUT2D eigenvalue weighted by molar-refractivity contribution is 0.163. The van der Waals surface area contributed by atoms with Crippen LogP contribution < -0.4 is 10.6 Å². The molecule has 1 rings (SSSR count). The molecule has 0 aliphatic rings. The van der Waals surface area contributed by atoms with E-state index in [9.17, 15) is 0 Å². The first-order chi connectivity index (χ1) is 8.76. The van der Waals surface area contributed by atoms with Gasteiger partial charge in [-0.1, -0.05) is 0 Å². The van der Waals surface area contributed by atoms with Crippen LogP contribution in [0.5, 0.6) is 0 Å². The molecular formula is C12H23N5O. The highest BCUT2D eigenvalue weighted by atomic mass is 16.5. The van der Waals surface area contributed by atoms with Crippen molar-refractivity contribution in [3.05, 3.63) is 12.4 Å². The van der Waals surface area contributed by atoms with Crippen LogP contribution in [0.25, 0.3) is 0 Å². The van der Waals surface area contributed by atoms with Crippen LogP contribution in [0, 0.1) is 0 Å². The van der Waals surface area contributed by atoms with Gasteiger partial charge in [0, 0.05) is 33.3 Å². The minimum absolute atomic E-state index is 0.756. The van der Waals surface area contributed by atoms with Crippen molar-refractivity contribution in [2.24, 2.45) is 0 Å². The molecule has 0 unspecified atom stereocenters. The summed E-state index contributed by atoms with van der Waals surface area (Å²) in [5, 5.41) is 6.39. The molecule has 0 aliphatic heterocycles. The molecule has 2 N–H and O–H groups in total. The molecule has 6 heteroatoms. The monoisotopic (exact) mass is 253 g/mol. The number of hydrogen-bond acceptors (Lipinski definition) is 6. The SMILES string of the molecule is CCNc1cncc(NCCN(C)CCOC)n1. The Morgan fingerprint density at radius 1 is 1.22 bits per heavy atom. The highest BCUT2D eigenvalue weighted by Crippen LogP contribution is 2.05. The number of nitrogens with zero attached hydrogens (tertiary/aromatic N) is 3. The van der Waals surface area contributed by atoms with Crippen LogP contribution in [0.4, 0.5) is 11.6 Å². The molecule has 1 heterocycles. The van der Waals surface area contributed by atoms with Crippen molar-refractivity contribution < 1.29 is 4.74 Å². The van der Waals surface area contributed by atoms with Gasteiger partial charge >= 0.3 is 0 Å².